The van der Waals surface area contributed by atoms with E-state index in [2.05, 4.69) is 0 Å². The average Bonchev–Trinajstić information content (AvgIpc) is 2.40. The molecule has 1 unspecified atom stereocenters. The molecule has 1 atom stereocenters. The predicted octanol–water partition coefficient (Wildman–Crippen LogP) is 4.04. The molecule has 3 heteroatoms. The fourth-order valence-electron chi connectivity index (χ4n) is 2.27. The summed E-state index contributed by atoms with van der Waals surface area (Å²) in [6, 6.07) is 14.7. The zero-order valence-electron chi connectivity index (χ0n) is 11.2. The van der Waals surface area contributed by atoms with Crippen molar-refractivity contribution in [3.63, 3.8) is 0 Å². The highest BCUT2D eigenvalue weighted by Crippen LogP contribution is 2.33. The Kier molecular flexibility index (Phi) is 4.17. The van der Waals surface area contributed by atoms with Gasteiger partial charge in [0.05, 0.1) is 6.10 Å². The van der Waals surface area contributed by atoms with Gasteiger partial charge in [0.2, 0.25) is 0 Å². The molecule has 100 valence electrons. The molecule has 0 bridgehead atoms. The Balaban J connectivity index is 2.53. The highest BCUT2D eigenvalue weighted by Gasteiger charge is 2.18. The van der Waals surface area contributed by atoms with Crippen LogP contribution in [0.3, 0.4) is 0 Å². The molecule has 2 nitrogen and oxygen atoms in total. The van der Waals surface area contributed by atoms with E-state index in [1.807, 2.05) is 48.2 Å². The van der Waals surface area contributed by atoms with Crippen LogP contribution >= 0.6 is 0 Å². The molecule has 0 aliphatic rings. The Morgan fingerprint density at radius 2 is 1.79 bits per heavy atom. The second kappa shape index (κ2) is 5.85. The lowest BCUT2D eigenvalue weighted by Gasteiger charge is -2.27. The largest absolute Gasteiger partial charge is 0.389 e. The molecule has 0 fully saturated rings. The van der Waals surface area contributed by atoms with Crippen LogP contribution in [0, 0.1) is 5.82 Å². The number of nitrogens with zero attached hydrogens (tertiary/aromatic N) is 1. The highest BCUT2D eigenvalue weighted by atomic mass is 19.1. The van der Waals surface area contributed by atoms with Gasteiger partial charge in [-0.3, -0.25) is 0 Å². The van der Waals surface area contributed by atoms with Crippen LogP contribution in [0.15, 0.2) is 48.5 Å². The number of rotatable bonds is 4. The summed E-state index contributed by atoms with van der Waals surface area (Å²) in [6.07, 6.45) is -0.839. The first-order valence-electron chi connectivity index (χ1n) is 6.44. The standard InChI is InChI=1S/C16H18FNO/c1-3-18(13-8-5-4-6-9-13)15-11-7-10-14(17)16(15)12(2)19/h4-12,19H,3H2,1-2H3. The van der Waals surface area contributed by atoms with E-state index in [4.69, 9.17) is 0 Å². The Hall–Kier alpha value is -1.87. The molecule has 2 aromatic rings. The zero-order valence-corrected chi connectivity index (χ0v) is 11.2. The normalized spacial score (nSPS) is 12.2. The summed E-state index contributed by atoms with van der Waals surface area (Å²) in [5.74, 6) is -0.373. The van der Waals surface area contributed by atoms with Crippen molar-refractivity contribution in [1.29, 1.82) is 0 Å². The molecule has 1 N–H and O–H groups in total. The van der Waals surface area contributed by atoms with Gasteiger partial charge in [0.15, 0.2) is 0 Å². The minimum absolute atomic E-state index is 0.341. The first kappa shape index (κ1) is 13.6. The van der Waals surface area contributed by atoms with Crippen molar-refractivity contribution < 1.29 is 9.50 Å². The lowest BCUT2D eigenvalue weighted by Crippen LogP contribution is -2.19. The van der Waals surface area contributed by atoms with Gasteiger partial charge in [-0.05, 0) is 38.1 Å². The van der Waals surface area contributed by atoms with Gasteiger partial charge in [0.25, 0.3) is 0 Å². The third-order valence-corrected chi connectivity index (χ3v) is 3.12. The lowest BCUT2D eigenvalue weighted by molar-refractivity contribution is 0.194. The smallest absolute Gasteiger partial charge is 0.131 e. The second-order valence-electron chi connectivity index (χ2n) is 4.43. The SMILES string of the molecule is CCN(c1ccccc1)c1cccc(F)c1C(C)O. The zero-order chi connectivity index (χ0) is 13.8. The van der Waals surface area contributed by atoms with Crippen molar-refractivity contribution in [3.8, 4) is 0 Å². The van der Waals surface area contributed by atoms with Gasteiger partial charge in [-0.1, -0.05) is 24.3 Å². The van der Waals surface area contributed by atoms with Gasteiger partial charge in [0.1, 0.15) is 5.82 Å². The van der Waals surface area contributed by atoms with Crippen molar-refractivity contribution in [2.45, 2.75) is 20.0 Å². The monoisotopic (exact) mass is 259 g/mol. The molecule has 0 heterocycles. The summed E-state index contributed by atoms with van der Waals surface area (Å²) < 4.78 is 13.9. The van der Waals surface area contributed by atoms with Crippen molar-refractivity contribution in [3.05, 3.63) is 59.9 Å². The third kappa shape index (κ3) is 2.76. The molecule has 0 radical (unpaired) electrons. The third-order valence-electron chi connectivity index (χ3n) is 3.12. The summed E-state index contributed by atoms with van der Waals surface area (Å²) in [5.41, 5.74) is 2.04. The maximum atomic E-state index is 13.9. The van der Waals surface area contributed by atoms with Crippen molar-refractivity contribution in [1.82, 2.24) is 0 Å². The minimum Gasteiger partial charge on any atom is -0.389 e. The van der Waals surface area contributed by atoms with Gasteiger partial charge in [-0.15, -0.1) is 0 Å². The van der Waals surface area contributed by atoms with Gasteiger partial charge < -0.3 is 10.0 Å². The lowest BCUT2D eigenvalue weighted by atomic mass is 10.1. The molecule has 0 amide bonds. The molecule has 19 heavy (non-hydrogen) atoms. The molecular formula is C16H18FNO. The van der Waals surface area contributed by atoms with Crippen molar-refractivity contribution in [2.75, 3.05) is 11.4 Å². The van der Waals surface area contributed by atoms with Crippen LogP contribution < -0.4 is 4.90 Å². The number of benzene rings is 2. The van der Waals surface area contributed by atoms with Gasteiger partial charge in [-0.25, -0.2) is 4.39 Å². The highest BCUT2D eigenvalue weighted by molar-refractivity contribution is 5.67. The Morgan fingerprint density at radius 1 is 1.11 bits per heavy atom. The second-order valence-corrected chi connectivity index (χ2v) is 4.43. The molecule has 0 aliphatic carbocycles. The fraction of sp³-hybridized carbons (Fsp3) is 0.250. The Bertz CT molecular complexity index is 540. The van der Waals surface area contributed by atoms with E-state index < -0.39 is 6.10 Å². The molecule has 2 rings (SSSR count). The maximum Gasteiger partial charge on any atom is 0.131 e. The number of anilines is 2. The molecule has 2 aromatic carbocycles. The molecular weight excluding hydrogens is 241 g/mol. The van der Waals surface area contributed by atoms with Gasteiger partial charge in [0, 0.05) is 23.5 Å². The number of para-hydroxylation sites is 1. The van der Waals surface area contributed by atoms with E-state index in [0.717, 1.165) is 5.69 Å². The van der Waals surface area contributed by atoms with Crippen molar-refractivity contribution in [2.24, 2.45) is 0 Å². The summed E-state index contributed by atoms with van der Waals surface area (Å²) in [6.45, 7) is 4.29. The number of halogens is 1. The van der Waals surface area contributed by atoms with E-state index in [1.165, 1.54) is 6.07 Å². The maximum absolute atomic E-state index is 13.9. The van der Waals surface area contributed by atoms with Crippen LogP contribution in [0.1, 0.15) is 25.5 Å². The minimum atomic E-state index is -0.839. The van der Waals surface area contributed by atoms with Crippen LogP contribution in [-0.4, -0.2) is 11.7 Å². The first-order chi connectivity index (χ1) is 9.15. The van der Waals surface area contributed by atoms with Gasteiger partial charge >= 0.3 is 0 Å². The van der Waals surface area contributed by atoms with E-state index in [1.54, 1.807) is 13.0 Å². The van der Waals surface area contributed by atoms with E-state index >= 15 is 0 Å². The summed E-state index contributed by atoms with van der Waals surface area (Å²) in [4.78, 5) is 1.99. The van der Waals surface area contributed by atoms with Gasteiger partial charge in [-0.2, -0.15) is 0 Å². The Morgan fingerprint density at radius 3 is 2.37 bits per heavy atom. The Labute approximate surface area is 113 Å². The molecule has 0 aromatic heterocycles. The predicted molar refractivity (Wildman–Crippen MR) is 76.2 cm³/mol. The number of aliphatic hydroxyl groups is 1. The van der Waals surface area contributed by atoms with E-state index in [-0.39, 0.29) is 5.82 Å². The van der Waals surface area contributed by atoms with E-state index in [9.17, 15) is 9.50 Å². The quantitative estimate of drug-likeness (QED) is 0.895. The van der Waals surface area contributed by atoms with Crippen molar-refractivity contribution >= 4 is 11.4 Å². The first-order valence-corrected chi connectivity index (χ1v) is 6.44. The number of hydrogen-bond donors (Lipinski definition) is 1. The topological polar surface area (TPSA) is 23.5 Å². The average molecular weight is 259 g/mol. The molecule has 0 spiro atoms. The fourth-order valence-corrected chi connectivity index (χ4v) is 2.27. The molecule has 0 aliphatic heterocycles. The van der Waals surface area contributed by atoms with Crippen LogP contribution in [0.25, 0.3) is 0 Å². The molecule has 0 saturated heterocycles. The summed E-state index contributed by atoms with van der Waals surface area (Å²) in [5, 5.41) is 9.81. The van der Waals surface area contributed by atoms with Crippen LogP contribution in [0.2, 0.25) is 0 Å². The summed E-state index contributed by atoms with van der Waals surface area (Å²) >= 11 is 0. The van der Waals surface area contributed by atoms with Crippen LogP contribution in [-0.2, 0) is 0 Å². The summed E-state index contributed by atoms with van der Waals surface area (Å²) in [7, 11) is 0. The van der Waals surface area contributed by atoms with Crippen LogP contribution in [0.5, 0.6) is 0 Å². The number of aliphatic hydroxyl groups excluding tert-OH is 1. The van der Waals surface area contributed by atoms with Crippen LogP contribution in [0.4, 0.5) is 15.8 Å². The molecule has 0 saturated carbocycles. The number of hydrogen-bond acceptors (Lipinski definition) is 2. The van der Waals surface area contributed by atoms with E-state index in [0.29, 0.717) is 17.8 Å².